The van der Waals surface area contributed by atoms with Crippen LogP contribution in [0.5, 0.6) is 11.5 Å². The van der Waals surface area contributed by atoms with Crippen molar-refractivity contribution in [2.75, 3.05) is 7.11 Å². The van der Waals surface area contributed by atoms with Crippen molar-refractivity contribution in [2.45, 2.75) is 6.61 Å². The molecule has 2 aromatic carbocycles. The Kier molecular flexibility index (Phi) is 4.27. The van der Waals surface area contributed by atoms with E-state index in [0.29, 0.717) is 23.8 Å². The number of oxazole rings is 1. The van der Waals surface area contributed by atoms with Crippen LogP contribution >= 0.6 is 0 Å². The van der Waals surface area contributed by atoms with Crippen molar-refractivity contribution in [3.63, 3.8) is 0 Å². The monoisotopic (exact) mass is 345 g/mol. The summed E-state index contributed by atoms with van der Waals surface area (Å²) in [6, 6.07) is 17.1. The van der Waals surface area contributed by atoms with Gasteiger partial charge in [-0.25, -0.2) is 4.98 Å². The molecule has 4 aromatic rings. The van der Waals surface area contributed by atoms with E-state index < -0.39 is 0 Å². The van der Waals surface area contributed by atoms with E-state index in [1.54, 1.807) is 13.3 Å². The first-order chi connectivity index (χ1) is 12.7. The Labute approximate surface area is 151 Å². The molecule has 2 heterocycles. The van der Waals surface area contributed by atoms with Gasteiger partial charge in [-0.3, -0.25) is 4.98 Å². The van der Waals surface area contributed by atoms with E-state index in [1.165, 1.54) is 0 Å². The third-order valence-corrected chi connectivity index (χ3v) is 3.95. The van der Waals surface area contributed by atoms with Gasteiger partial charge in [0.1, 0.15) is 23.6 Å². The second kappa shape index (κ2) is 6.88. The van der Waals surface area contributed by atoms with E-state index in [0.717, 1.165) is 28.1 Å². The molecule has 0 saturated carbocycles. The standard InChI is InChI=1S/C21H17N2O3/c1-14-4-3-5-15(10-14)21-23-19-11-17(8-9-20(19)26-21)25-13-16-6-7-18(24-2)12-22-16/h3-12H,1,13H2,2H3. The third kappa shape index (κ3) is 3.37. The summed E-state index contributed by atoms with van der Waals surface area (Å²) in [4.78, 5) is 8.84. The fraction of sp³-hybridized carbons (Fsp3) is 0.0952. The number of benzene rings is 2. The number of aromatic nitrogens is 2. The largest absolute Gasteiger partial charge is 0.495 e. The van der Waals surface area contributed by atoms with Crippen LogP contribution in [0.1, 0.15) is 11.3 Å². The Morgan fingerprint density at radius 3 is 2.69 bits per heavy atom. The highest BCUT2D eigenvalue weighted by Crippen LogP contribution is 2.27. The highest BCUT2D eigenvalue weighted by molar-refractivity contribution is 5.77. The van der Waals surface area contributed by atoms with Crippen LogP contribution in [0.3, 0.4) is 0 Å². The predicted molar refractivity (Wildman–Crippen MR) is 99.0 cm³/mol. The first-order valence-corrected chi connectivity index (χ1v) is 8.16. The molecule has 5 nitrogen and oxygen atoms in total. The summed E-state index contributed by atoms with van der Waals surface area (Å²) in [5.74, 6) is 2.00. The third-order valence-electron chi connectivity index (χ3n) is 3.95. The molecule has 0 N–H and O–H groups in total. The van der Waals surface area contributed by atoms with Gasteiger partial charge in [0.25, 0.3) is 0 Å². The summed E-state index contributed by atoms with van der Waals surface area (Å²) in [5, 5.41) is 0. The molecule has 0 spiro atoms. The molecule has 0 amide bonds. The maximum Gasteiger partial charge on any atom is 0.227 e. The quantitative estimate of drug-likeness (QED) is 0.526. The molecule has 0 unspecified atom stereocenters. The van der Waals surface area contributed by atoms with Gasteiger partial charge in [-0.15, -0.1) is 0 Å². The summed E-state index contributed by atoms with van der Waals surface area (Å²) in [5.41, 5.74) is 4.09. The number of methoxy groups -OCH3 is 1. The molecule has 4 rings (SSSR count). The van der Waals surface area contributed by atoms with Crippen molar-refractivity contribution < 1.29 is 13.9 Å². The van der Waals surface area contributed by atoms with Gasteiger partial charge in [0.2, 0.25) is 5.89 Å². The van der Waals surface area contributed by atoms with Crippen LogP contribution < -0.4 is 9.47 Å². The fourth-order valence-corrected chi connectivity index (χ4v) is 2.60. The first kappa shape index (κ1) is 16.1. The van der Waals surface area contributed by atoms with E-state index in [2.05, 4.69) is 16.9 Å². The van der Waals surface area contributed by atoms with Crippen molar-refractivity contribution in [2.24, 2.45) is 0 Å². The minimum absolute atomic E-state index is 0.365. The van der Waals surface area contributed by atoms with Gasteiger partial charge in [0, 0.05) is 11.6 Å². The highest BCUT2D eigenvalue weighted by atomic mass is 16.5. The van der Waals surface area contributed by atoms with E-state index in [-0.39, 0.29) is 0 Å². The summed E-state index contributed by atoms with van der Waals surface area (Å²) < 4.78 is 16.7. The van der Waals surface area contributed by atoms with Gasteiger partial charge in [0.05, 0.1) is 19.0 Å². The highest BCUT2D eigenvalue weighted by Gasteiger charge is 2.09. The lowest BCUT2D eigenvalue weighted by atomic mass is 10.1. The average Bonchev–Trinajstić information content (AvgIpc) is 3.10. The molecule has 0 fully saturated rings. The van der Waals surface area contributed by atoms with Crippen molar-refractivity contribution in [1.29, 1.82) is 0 Å². The second-order valence-electron chi connectivity index (χ2n) is 5.83. The molecule has 0 bridgehead atoms. The molecular weight excluding hydrogens is 328 g/mol. The van der Waals surface area contributed by atoms with Gasteiger partial charge in [-0.2, -0.15) is 0 Å². The number of ether oxygens (including phenoxy) is 2. The van der Waals surface area contributed by atoms with E-state index in [1.807, 2.05) is 54.6 Å². The molecule has 1 radical (unpaired) electrons. The van der Waals surface area contributed by atoms with Gasteiger partial charge >= 0.3 is 0 Å². The van der Waals surface area contributed by atoms with E-state index in [4.69, 9.17) is 13.9 Å². The SMILES string of the molecule is [CH2]c1cccc(-c2nc3cc(OCc4ccc(OC)cn4)ccc3o2)c1. The number of hydrogen-bond donors (Lipinski definition) is 0. The normalized spacial score (nSPS) is 10.8. The van der Waals surface area contributed by atoms with Crippen LogP contribution in [-0.2, 0) is 6.61 Å². The predicted octanol–water partition coefficient (Wildman–Crippen LogP) is 4.66. The molecule has 0 atom stereocenters. The topological polar surface area (TPSA) is 57.4 Å². The van der Waals surface area contributed by atoms with Crippen LogP contribution in [0, 0.1) is 6.92 Å². The molecule has 5 heteroatoms. The number of rotatable bonds is 5. The van der Waals surface area contributed by atoms with E-state index >= 15 is 0 Å². The lowest BCUT2D eigenvalue weighted by Gasteiger charge is -2.06. The van der Waals surface area contributed by atoms with Crippen LogP contribution in [0.25, 0.3) is 22.6 Å². The molecular formula is C21H17N2O3. The minimum Gasteiger partial charge on any atom is -0.495 e. The van der Waals surface area contributed by atoms with Crippen LogP contribution in [-0.4, -0.2) is 17.1 Å². The Hall–Kier alpha value is -3.34. The van der Waals surface area contributed by atoms with Gasteiger partial charge in [0.15, 0.2) is 5.58 Å². The van der Waals surface area contributed by atoms with Crippen molar-refractivity contribution >= 4 is 11.1 Å². The summed E-state index contributed by atoms with van der Waals surface area (Å²) >= 11 is 0. The number of hydrogen-bond acceptors (Lipinski definition) is 5. The molecule has 129 valence electrons. The molecule has 2 aromatic heterocycles. The Balaban J connectivity index is 1.53. The smallest absolute Gasteiger partial charge is 0.227 e. The Bertz CT molecular complexity index is 1040. The zero-order chi connectivity index (χ0) is 17.9. The minimum atomic E-state index is 0.365. The number of pyridine rings is 1. The molecule has 0 aliphatic carbocycles. The Morgan fingerprint density at radius 2 is 1.92 bits per heavy atom. The second-order valence-corrected chi connectivity index (χ2v) is 5.83. The van der Waals surface area contributed by atoms with Gasteiger partial charge in [-0.1, -0.05) is 12.1 Å². The molecule has 0 aliphatic rings. The average molecular weight is 345 g/mol. The van der Waals surface area contributed by atoms with Crippen molar-refractivity contribution in [3.8, 4) is 23.0 Å². The van der Waals surface area contributed by atoms with Crippen LogP contribution in [0.15, 0.2) is 65.2 Å². The zero-order valence-electron chi connectivity index (χ0n) is 14.3. The fourth-order valence-electron chi connectivity index (χ4n) is 2.60. The van der Waals surface area contributed by atoms with Crippen LogP contribution in [0.4, 0.5) is 0 Å². The maximum atomic E-state index is 5.83. The van der Waals surface area contributed by atoms with Crippen molar-refractivity contribution in [1.82, 2.24) is 9.97 Å². The maximum absolute atomic E-state index is 5.83. The molecule has 0 saturated heterocycles. The lowest BCUT2D eigenvalue weighted by Crippen LogP contribution is -1.98. The molecule has 26 heavy (non-hydrogen) atoms. The van der Waals surface area contributed by atoms with Gasteiger partial charge < -0.3 is 13.9 Å². The zero-order valence-corrected chi connectivity index (χ0v) is 14.3. The van der Waals surface area contributed by atoms with E-state index in [9.17, 15) is 0 Å². The summed E-state index contributed by atoms with van der Waals surface area (Å²) in [6.45, 7) is 4.30. The lowest BCUT2D eigenvalue weighted by molar-refractivity contribution is 0.301. The molecule has 0 aliphatic heterocycles. The first-order valence-electron chi connectivity index (χ1n) is 8.16. The number of nitrogens with zero attached hydrogens (tertiary/aromatic N) is 2. The summed E-state index contributed by atoms with van der Waals surface area (Å²) in [6.07, 6.45) is 1.67. The van der Waals surface area contributed by atoms with Gasteiger partial charge in [-0.05, 0) is 48.9 Å². The van der Waals surface area contributed by atoms with Crippen LogP contribution in [0.2, 0.25) is 0 Å². The Morgan fingerprint density at radius 1 is 1.04 bits per heavy atom. The van der Waals surface area contributed by atoms with Crippen molar-refractivity contribution in [3.05, 3.63) is 79.0 Å². The summed E-state index contributed by atoms with van der Waals surface area (Å²) in [7, 11) is 1.61. The number of fused-ring (bicyclic) bond motifs is 1.